The van der Waals surface area contributed by atoms with Crippen LogP contribution >= 0.6 is 0 Å². The van der Waals surface area contributed by atoms with Crippen LogP contribution in [0.1, 0.15) is 34.8 Å². The normalized spacial score (nSPS) is 11.6. The second-order valence-corrected chi connectivity index (χ2v) is 7.84. The van der Waals surface area contributed by atoms with Gasteiger partial charge in [-0.05, 0) is 54.4 Å². The monoisotopic (exact) mass is 446 g/mol. The van der Waals surface area contributed by atoms with Crippen molar-refractivity contribution in [3.8, 4) is 11.5 Å². The largest absolute Gasteiger partial charge is 0.493 e. The van der Waals surface area contributed by atoms with Crippen molar-refractivity contribution in [3.05, 3.63) is 95.6 Å². The number of ether oxygens (including phenoxy) is 3. The van der Waals surface area contributed by atoms with Crippen LogP contribution in [-0.2, 0) is 22.4 Å². The molecule has 33 heavy (non-hydrogen) atoms. The molecule has 5 nitrogen and oxygen atoms in total. The number of ketones is 2. The standard InChI is InChI=1S/C28H30O5/c1-21(29)28(31-2)20-23-9-13-25(14-10-23)32-17-6-18-33-26-15-11-24(12-16-26)27(30)19-22-7-4-3-5-8-22/h3-5,7-16,28H,6,17-20H2,1-2H3/t28-/m0/s1. The molecule has 3 aromatic carbocycles. The Morgan fingerprint density at radius 1 is 0.758 bits per heavy atom. The summed E-state index contributed by atoms with van der Waals surface area (Å²) in [6, 6.07) is 24.7. The van der Waals surface area contributed by atoms with Crippen molar-refractivity contribution in [2.24, 2.45) is 0 Å². The highest BCUT2D eigenvalue weighted by Crippen LogP contribution is 2.16. The maximum atomic E-state index is 12.4. The van der Waals surface area contributed by atoms with E-state index >= 15 is 0 Å². The lowest BCUT2D eigenvalue weighted by molar-refractivity contribution is -0.126. The summed E-state index contributed by atoms with van der Waals surface area (Å²) in [5.74, 6) is 1.61. The first kappa shape index (κ1) is 24.2. The molecule has 0 aromatic heterocycles. The molecule has 0 amide bonds. The third-order valence-electron chi connectivity index (χ3n) is 5.29. The van der Waals surface area contributed by atoms with Gasteiger partial charge in [0.05, 0.1) is 13.2 Å². The van der Waals surface area contributed by atoms with Crippen molar-refractivity contribution < 1.29 is 23.8 Å². The maximum absolute atomic E-state index is 12.4. The van der Waals surface area contributed by atoms with Crippen LogP contribution in [0.2, 0.25) is 0 Å². The smallest absolute Gasteiger partial charge is 0.167 e. The number of hydrogen-bond donors (Lipinski definition) is 0. The van der Waals surface area contributed by atoms with Gasteiger partial charge in [-0.3, -0.25) is 9.59 Å². The highest BCUT2D eigenvalue weighted by atomic mass is 16.5. The van der Waals surface area contributed by atoms with Crippen molar-refractivity contribution in [1.82, 2.24) is 0 Å². The molecule has 0 saturated carbocycles. The first-order valence-corrected chi connectivity index (χ1v) is 11.1. The third kappa shape index (κ3) is 7.88. The van der Waals surface area contributed by atoms with E-state index in [0.29, 0.717) is 31.6 Å². The number of carbonyl (C=O) groups excluding carboxylic acids is 2. The topological polar surface area (TPSA) is 61.8 Å². The molecular formula is C28H30O5. The van der Waals surface area contributed by atoms with Gasteiger partial charge >= 0.3 is 0 Å². The molecule has 0 N–H and O–H groups in total. The molecule has 3 rings (SSSR count). The molecule has 172 valence electrons. The zero-order chi connectivity index (χ0) is 23.5. The van der Waals surface area contributed by atoms with Gasteiger partial charge in [-0.15, -0.1) is 0 Å². The Kier molecular flexibility index (Phi) is 9.21. The van der Waals surface area contributed by atoms with Gasteiger partial charge in [0.1, 0.15) is 17.6 Å². The fraction of sp³-hybridized carbons (Fsp3) is 0.286. The van der Waals surface area contributed by atoms with E-state index in [1.165, 1.54) is 6.92 Å². The Hall–Kier alpha value is -3.44. The Balaban J connectivity index is 1.36. The van der Waals surface area contributed by atoms with Crippen molar-refractivity contribution in [2.75, 3.05) is 20.3 Å². The predicted octanol–water partition coefficient (Wildman–Crippen LogP) is 5.11. The van der Waals surface area contributed by atoms with Gasteiger partial charge in [0.25, 0.3) is 0 Å². The van der Waals surface area contributed by atoms with Gasteiger partial charge in [0.15, 0.2) is 11.6 Å². The van der Waals surface area contributed by atoms with Crippen LogP contribution in [0.5, 0.6) is 11.5 Å². The zero-order valence-electron chi connectivity index (χ0n) is 19.2. The van der Waals surface area contributed by atoms with Crippen molar-refractivity contribution in [3.63, 3.8) is 0 Å². The minimum Gasteiger partial charge on any atom is -0.493 e. The summed E-state index contributed by atoms with van der Waals surface area (Å²) < 4.78 is 16.7. The molecule has 0 saturated heterocycles. The highest BCUT2D eigenvalue weighted by molar-refractivity contribution is 5.97. The van der Waals surface area contributed by atoms with Crippen LogP contribution < -0.4 is 9.47 Å². The van der Waals surface area contributed by atoms with Gasteiger partial charge < -0.3 is 14.2 Å². The van der Waals surface area contributed by atoms with Gasteiger partial charge in [0.2, 0.25) is 0 Å². The minimum absolute atomic E-state index is 0.0197. The van der Waals surface area contributed by atoms with E-state index in [1.807, 2.05) is 66.7 Å². The van der Waals surface area contributed by atoms with E-state index in [-0.39, 0.29) is 11.6 Å². The van der Waals surface area contributed by atoms with Crippen LogP contribution in [0, 0.1) is 0 Å². The van der Waals surface area contributed by atoms with Crippen molar-refractivity contribution in [2.45, 2.75) is 32.3 Å². The summed E-state index contributed by atoms with van der Waals surface area (Å²) in [4.78, 5) is 23.9. The van der Waals surface area contributed by atoms with E-state index in [1.54, 1.807) is 19.2 Å². The van der Waals surface area contributed by atoms with Crippen molar-refractivity contribution >= 4 is 11.6 Å². The third-order valence-corrected chi connectivity index (χ3v) is 5.29. The highest BCUT2D eigenvalue weighted by Gasteiger charge is 2.13. The number of hydrogen-bond acceptors (Lipinski definition) is 5. The molecule has 0 unspecified atom stereocenters. The lowest BCUT2D eigenvalue weighted by atomic mass is 10.0. The van der Waals surface area contributed by atoms with E-state index in [4.69, 9.17) is 14.2 Å². The number of carbonyl (C=O) groups is 2. The molecule has 1 atom stereocenters. The quantitative estimate of drug-likeness (QED) is 0.270. The van der Waals surface area contributed by atoms with E-state index in [0.717, 1.165) is 29.0 Å². The molecule has 0 aliphatic rings. The molecule has 0 aliphatic heterocycles. The summed E-state index contributed by atoms with van der Waals surface area (Å²) in [6.07, 6.45) is 1.26. The molecular weight excluding hydrogens is 416 g/mol. The molecule has 0 fully saturated rings. The second kappa shape index (κ2) is 12.6. The SMILES string of the molecule is CO[C@@H](Cc1ccc(OCCCOc2ccc(C(=O)Cc3ccccc3)cc2)cc1)C(C)=O. The molecule has 0 spiro atoms. The van der Waals surface area contributed by atoms with Crippen molar-refractivity contribution in [1.29, 1.82) is 0 Å². The summed E-state index contributed by atoms with van der Waals surface area (Å²) in [6.45, 7) is 2.58. The Bertz CT molecular complexity index is 1010. The lowest BCUT2D eigenvalue weighted by Gasteiger charge is -2.12. The number of benzene rings is 3. The maximum Gasteiger partial charge on any atom is 0.167 e. The first-order valence-electron chi connectivity index (χ1n) is 11.1. The van der Waals surface area contributed by atoms with Gasteiger partial charge in [0, 0.05) is 31.9 Å². The molecule has 0 radical (unpaired) electrons. The summed E-state index contributed by atoms with van der Waals surface area (Å²) in [5.41, 5.74) is 2.71. The molecule has 0 aliphatic carbocycles. The van der Waals surface area contributed by atoms with Gasteiger partial charge in [-0.1, -0.05) is 42.5 Å². The van der Waals surface area contributed by atoms with Gasteiger partial charge in [-0.25, -0.2) is 0 Å². The zero-order valence-corrected chi connectivity index (χ0v) is 19.2. The van der Waals surface area contributed by atoms with Gasteiger partial charge in [-0.2, -0.15) is 0 Å². The number of Topliss-reactive ketones (excluding diaryl/α,β-unsaturated/α-hetero) is 2. The fourth-order valence-electron chi connectivity index (χ4n) is 3.39. The Morgan fingerprint density at radius 2 is 1.33 bits per heavy atom. The summed E-state index contributed by atoms with van der Waals surface area (Å²) >= 11 is 0. The van der Waals surface area contributed by atoms with E-state index in [2.05, 4.69) is 0 Å². The lowest BCUT2D eigenvalue weighted by Crippen LogP contribution is -2.22. The van der Waals surface area contributed by atoms with E-state index < -0.39 is 6.10 Å². The van der Waals surface area contributed by atoms with Crippen LogP contribution in [0.3, 0.4) is 0 Å². The summed E-state index contributed by atoms with van der Waals surface area (Å²) in [7, 11) is 1.55. The summed E-state index contributed by atoms with van der Waals surface area (Å²) in [5, 5.41) is 0. The van der Waals surface area contributed by atoms with E-state index in [9.17, 15) is 9.59 Å². The van der Waals surface area contributed by atoms with Crippen LogP contribution in [0.4, 0.5) is 0 Å². The second-order valence-electron chi connectivity index (χ2n) is 7.84. The minimum atomic E-state index is -0.412. The molecule has 3 aromatic rings. The van der Waals surface area contributed by atoms with Crippen LogP contribution in [-0.4, -0.2) is 38.0 Å². The van der Waals surface area contributed by atoms with Crippen LogP contribution in [0.25, 0.3) is 0 Å². The number of rotatable bonds is 13. The molecule has 0 heterocycles. The Morgan fingerprint density at radius 3 is 1.88 bits per heavy atom. The fourth-order valence-corrected chi connectivity index (χ4v) is 3.39. The average Bonchev–Trinajstić information content (AvgIpc) is 2.84. The first-order chi connectivity index (χ1) is 16.0. The Labute approximate surface area is 195 Å². The van der Waals surface area contributed by atoms with Crippen LogP contribution in [0.15, 0.2) is 78.9 Å². The predicted molar refractivity (Wildman–Crippen MR) is 128 cm³/mol. The number of methoxy groups -OCH3 is 1. The molecule has 5 heteroatoms. The average molecular weight is 447 g/mol. The molecule has 0 bridgehead atoms.